The number of rotatable bonds is 6. The zero-order valence-electron chi connectivity index (χ0n) is 16.7. The lowest BCUT2D eigenvalue weighted by molar-refractivity contribution is -0.0563. The number of benzene rings is 1. The second-order valence-electron chi connectivity index (χ2n) is 8.21. The predicted molar refractivity (Wildman–Crippen MR) is 104 cm³/mol. The van der Waals surface area contributed by atoms with E-state index in [4.69, 9.17) is 14.2 Å². The van der Waals surface area contributed by atoms with Crippen molar-refractivity contribution < 1.29 is 14.2 Å². The van der Waals surface area contributed by atoms with Gasteiger partial charge in [0.1, 0.15) is 11.4 Å². The highest BCUT2D eigenvalue weighted by Crippen LogP contribution is 2.33. The monoisotopic (exact) mass is 362 g/mol. The normalized spacial score (nSPS) is 27.4. The molecule has 0 aromatic heterocycles. The molecule has 0 bridgehead atoms. The molecule has 0 N–H and O–H groups in total. The van der Waals surface area contributed by atoms with Crippen molar-refractivity contribution in [3.05, 3.63) is 29.8 Å². The molecular formula is C21H34N2O3. The van der Waals surface area contributed by atoms with Crippen LogP contribution in [0.2, 0.25) is 0 Å². The van der Waals surface area contributed by atoms with Crippen molar-refractivity contribution in [3.63, 3.8) is 0 Å². The third-order valence-electron chi connectivity index (χ3n) is 5.71. The molecule has 2 aliphatic heterocycles. The molecule has 5 nitrogen and oxygen atoms in total. The quantitative estimate of drug-likeness (QED) is 0.777. The van der Waals surface area contributed by atoms with Crippen molar-refractivity contribution in [2.45, 2.75) is 38.5 Å². The van der Waals surface area contributed by atoms with Crippen LogP contribution in [0, 0.1) is 5.92 Å². The van der Waals surface area contributed by atoms with Crippen LogP contribution in [0.15, 0.2) is 24.3 Å². The van der Waals surface area contributed by atoms with Gasteiger partial charge in [0.2, 0.25) is 0 Å². The van der Waals surface area contributed by atoms with E-state index in [0.29, 0.717) is 18.6 Å². The van der Waals surface area contributed by atoms with Gasteiger partial charge in [0.05, 0.1) is 26.9 Å². The van der Waals surface area contributed by atoms with Crippen LogP contribution in [0.4, 0.5) is 0 Å². The first kappa shape index (κ1) is 19.6. The van der Waals surface area contributed by atoms with Crippen molar-refractivity contribution >= 4 is 0 Å². The topological polar surface area (TPSA) is 34.2 Å². The molecule has 0 radical (unpaired) electrons. The Morgan fingerprint density at radius 3 is 2.77 bits per heavy atom. The smallest absolute Gasteiger partial charge is 0.118 e. The minimum absolute atomic E-state index is 0.147. The summed E-state index contributed by atoms with van der Waals surface area (Å²) in [6.07, 6.45) is 1.09. The first-order valence-corrected chi connectivity index (χ1v) is 9.77. The minimum Gasteiger partial charge on any atom is -0.497 e. The SMILES string of the molecule is COc1ccc(CN2CCOC[C@@]3(C[C@@H](CN(C)C(C)C)CO3)C2)cc1. The lowest BCUT2D eigenvalue weighted by Crippen LogP contribution is -2.44. The fourth-order valence-corrected chi connectivity index (χ4v) is 3.99. The first-order valence-electron chi connectivity index (χ1n) is 9.77. The largest absolute Gasteiger partial charge is 0.497 e. The van der Waals surface area contributed by atoms with Crippen LogP contribution in [-0.4, -0.2) is 75.1 Å². The van der Waals surface area contributed by atoms with Gasteiger partial charge in [-0.15, -0.1) is 0 Å². The Hall–Kier alpha value is -1.14. The third kappa shape index (κ3) is 4.97. The lowest BCUT2D eigenvalue weighted by atomic mass is 9.93. The van der Waals surface area contributed by atoms with Crippen LogP contribution < -0.4 is 4.74 Å². The van der Waals surface area contributed by atoms with Crippen molar-refractivity contribution in [1.82, 2.24) is 9.80 Å². The van der Waals surface area contributed by atoms with Crippen LogP contribution in [0.3, 0.4) is 0 Å². The van der Waals surface area contributed by atoms with Gasteiger partial charge in [-0.25, -0.2) is 0 Å². The summed E-state index contributed by atoms with van der Waals surface area (Å²) in [7, 11) is 3.91. The number of methoxy groups -OCH3 is 1. The molecule has 0 aliphatic carbocycles. The number of ether oxygens (including phenoxy) is 3. The Balaban J connectivity index is 1.60. The predicted octanol–water partition coefficient (Wildman–Crippen LogP) is 2.64. The molecule has 1 aromatic rings. The van der Waals surface area contributed by atoms with Gasteiger partial charge in [-0.3, -0.25) is 4.90 Å². The number of nitrogens with zero attached hydrogens (tertiary/aromatic N) is 2. The summed E-state index contributed by atoms with van der Waals surface area (Å²) >= 11 is 0. The first-order chi connectivity index (χ1) is 12.5. The molecular weight excluding hydrogens is 328 g/mol. The highest BCUT2D eigenvalue weighted by atomic mass is 16.5. The molecule has 1 spiro atoms. The van der Waals surface area contributed by atoms with Crippen LogP contribution >= 0.6 is 0 Å². The van der Waals surface area contributed by atoms with Gasteiger partial charge in [0, 0.05) is 32.2 Å². The van der Waals surface area contributed by atoms with Gasteiger partial charge in [0.15, 0.2) is 0 Å². The molecule has 2 fully saturated rings. The zero-order valence-corrected chi connectivity index (χ0v) is 16.7. The summed E-state index contributed by atoms with van der Waals surface area (Å²) in [5.74, 6) is 1.49. The highest BCUT2D eigenvalue weighted by molar-refractivity contribution is 5.27. The maximum absolute atomic E-state index is 6.35. The second kappa shape index (κ2) is 8.70. The molecule has 0 saturated carbocycles. The van der Waals surface area contributed by atoms with E-state index in [1.54, 1.807) is 7.11 Å². The summed E-state index contributed by atoms with van der Waals surface area (Å²) in [5.41, 5.74) is 1.16. The molecule has 26 heavy (non-hydrogen) atoms. The highest BCUT2D eigenvalue weighted by Gasteiger charge is 2.43. The van der Waals surface area contributed by atoms with Gasteiger partial charge in [-0.1, -0.05) is 12.1 Å². The zero-order chi connectivity index (χ0) is 18.6. The van der Waals surface area contributed by atoms with E-state index in [9.17, 15) is 0 Å². The fraction of sp³-hybridized carbons (Fsp3) is 0.714. The molecule has 1 aromatic carbocycles. The Morgan fingerprint density at radius 2 is 2.08 bits per heavy atom. The number of hydrogen-bond acceptors (Lipinski definition) is 5. The maximum atomic E-state index is 6.35. The summed E-state index contributed by atoms with van der Waals surface area (Å²) in [4.78, 5) is 4.89. The van der Waals surface area contributed by atoms with Crippen molar-refractivity contribution in [2.24, 2.45) is 5.92 Å². The van der Waals surface area contributed by atoms with E-state index in [2.05, 4.69) is 42.8 Å². The van der Waals surface area contributed by atoms with Crippen molar-refractivity contribution in [2.75, 3.05) is 53.6 Å². The Labute approximate surface area is 158 Å². The molecule has 2 atom stereocenters. The van der Waals surface area contributed by atoms with Gasteiger partial charge in [0.25, 0.3) is 0 Å². The summed E-state index contributed by atoms with van der Waals surface area (Å²) in [6.45, 7) is 10.7. The summed E-state index contributed by atoms with van der Waals surface area (Å²) in [6, 6.07) is 8.93. The van der Waals surface area contributed by atoms with E-state index < -0.39 is 0 Å². The van der Waals surface area contributed by atoms with Crippen molar-refractivity contribution in [3.8, 4) is 5.75 Å². The number of hydrogen-bond donors (Lipinski definition) is 0. The molecule has 2 heterocycles. The standard InChI is InChI=1S/C21H34N2O3/c1-17(2)22(3)12-19-11-21(26-14-19)15-23(9-10-25-16-21)13-18-5-7-20(24-4)8-6-18/h5-8,17,19H,9-16H2,1-4H3/t19-,21+/m0/s1. The second-order valence-corrected chi connectivity index (χ2v) is 8.21. The molecule has 146 valence electrons. The van der Waals surface area contributed by atoms with Crippen LogP contribution in [0.5, 0.6) is 5.75 Å². The average molecular weight is 363 g/mol. The minimum atomic E-state index is -0.147. The van der Waals surface area contributed by atoms with Crippen molar-refractivity contribution in [1.29, 1.82) is 0 Å². The van der Waals surface area contributed by atoms with Gasteiger partial charge < -0.3 is 19.1 Å². The van der Waals surface area contributed by atoms with Crippen LogP contribution in [0.25, 0.3) is 0 Å². The maximum Gasteiger partial charge on any atom is 0.118 e. The molecule has 0 amide bonds. The van der Waals surface area contributed by atoms with Gasteiger partial charge in [-0.2, -0.15) is 0 Å². The summed E-state index contributed by atoms with van der Waals surface area (Å²) < 4.78 is 17.5. The lowest BCUT2D eigenvalue weighted by Gasteiger charge is -2.31. The Bertz CT molecular complexity index is 563. The van der Waals surface area contributed by atoms with E-state index in [-0.39, 0.29) is 5.60 Å². The molecule has 3 rings (SSSR count). The van der Waals surface area contributed by atoms with Crippen LogP contribution in [-0.2, 0) is 16.0 Å². The molecule has 2 aliphatic rings. The van der Waals surface area contributed by atoms with E-state index in [1.807, 2.05) is 12.1 Å². The molecule has 0 unspecified atom stereocenters. The van der Waals surface area contributed by atoms with E-state index in [0.717, 1.165) is 51.6 Å². The van der Waals surface area contributed by atoms with E-state index in [1.165, 1.54) is 5.56 Å². The third-order valence-corrected chi connectivity index (χ3v) is 5.71. The average Bonchev–Trinajstić information content (AvgIpc) is 2.90. The Kier molecular flexibility index (Phi) is 6.56. The molecule has 5 heteroatoms. The fourth-order valence-electron chi connectivity index (χ4n) is 3.99. The molecule has 2 saturated heterocycles. The van der Waals surface area contributed by atoms with E-state index >= 15 is 0 Å². The summed E-state index contributed by atoms with van der Waals surface area (Å²) in [5, 5.41) is 0. The van der Waals surface area contributed by atoms with Gasteiger partial charge in [-0.05, 0) is 50.9 Å². The van der Waals surface area contributed by atoms with Crippen LogP contribution in [0.1, 0.15) is 25.8 Å². The van der Waals surface area contributed by atoms with Gasteiger partial charge >= 0.3 is 0 Å². The Morgan fingerprint density at radius 1 is 1.31 bits per heavy atom.